The minimum Gasteiger partial charge on any atom is -0.490 e. The zero-order valence-corrected chi connectivity index (χ0v) is 20.1. The molecule has 1 aliphatic rings. The lowest BCUT2D eigenvalue weighted by atomic mass is 9.95. The number of urea groups is 1. The van der Waals surface area contributed by atoms with Crippen LogP contribution in [0.1, 0.15) is 36.9 Å². The van der Waals surface area contributed by atoms with Crippen molar-refractivity contribution in [2.75, 3.05) is 7.05 Å². The molecule has 0 unspecified atom stereocenters. The van der Waals surface area contributed by atoms with E-state index in [9.17, 15) is 9.59 Å². The molecule has 4 rings (SSSR count). The normalized spacial score (nSPS) is 17.4. The van der Waals surface area contributed by atoms with E-state index >= 15 is 0 Å². The Balaban J connectivity index is 1.36. The lowest BCUT2D eigenvalue weighted by molar-refractivity contribution is -0.136. The fraction of sp³-hybridized carbons (Fsp3) is 0.385. The Morgan fingerprint density at radius 3 is 2.63 bits per heavy atom. The highest BCUT2D eigenvalue weighted by Crippen LogP contribution is 2.28. The van der Waals surface area contributed by atoms with Crippen LogP contribution < -0.4 is 10.1 Å². The number of hydrogen-bond donors (Lipinski definition) is 1. The maximum Gasteiger partial charge on any atom is 0.317 e. The molecule has 3 aromatic rings. The van der Waals surface area contributed by atoms with Gasteiger partial charge in [0.15, 0.2) is 0 Å². The Bertz CT molecular complexity index is 1120. The van der Waals surface area contributed by atoms with Crippen LogP contribution in [0.25, 0.3) is 11.3 Å². The molecule has 0 radical (unpaired) electrons. The zero-order valence-electron chi connectivity index (χ0n) is 20.1. The third-order valence-electron chi connectivity index (χ3n) is 6.22. The fourth-order valence-electron chi connectivity index (χ4n) is 4.32. The third-order valence-corrected chi connectivity index (χ3v) is 6.22. The van der Waals surface area contributed by atoms with E-state index in [0.717, 1.165) is 41.8 Å². The summed E-state index contributed by atoms with van der Waals surface area (Å²) in [4.78, 5) is 24.9. The largest absolute Gasteiger partial charge is 0.490 e. The molecule has 9 nitrogen and oxygen atoms in total. The number of amides is 2. The van der Waals surface area contributed by atoms with Crippen molar-refractivity contribution in [3.05, 3.63) is 65.9 Å². The lowest BCUT2D eigenvalue weighted by Gasteiger charge is -2.28. The number of carbonyl (C=O) groups excluding carboxylic acids is 2. The van der Waals surface area contributed by atoms with Gasteiger partial charge >= 0.3 is 6.03 Å². The number of benzene rings is 2. The molecule has 184 valence electrons. The number of aromatic nitrogens is 3. The minimum atomic E-state index is -0.172. The summed E-state index contributed by atoms with van der Waals surface area (Å²) < 4.78 is 12.9. The van der Waals surface area contributed by atoms with Crippen LogP contribution in [0.5, 0.6) is 5.75 Å². The highest BCUT2D eigenvalue weighted by molar-refractivity contribution is 5.74. The SMILES string of the molecule is CN(Cc1ccccc1)C(=O)NCc1c(-c2ccc(O[C@H]3CCC[C@H](OC=O)C3)cc2)nnn1C. The first-order valence-corrected chi connectivity index (χ1v) is 11.8. The van der Waals surface area contributed by atoms with Crippen LogP contribution in [0, 0.1) is 0 Å². The van der Waals surface area contributed by atoms with Gasteiger partial charge in [-0.2, -0.15) is 0 Å². The van der Waals surface area contributed by atoms with Gasteiger partial charge in [-0.25, -0.2) is 9.48 Å². The van der Waals surface area contributed by atoms with Crippen molar-refractivity contribution in [3.63, 3.8) is 0 Å². The van der Waals surface area contributed by atoms with Gasteiger partial charge in [-0.15, -0.1) is 5.10 Å². The highest BCUT2D eigenvalue weighted by atomic mass is 16.5. The van der Waals surface area contributed by atoms with E-state index in [-0.39, 0.29) is 18.2 Å². The number of ether oxygens (including phenoxy) is 2. The van der Waals surface area contributed by atoms with Crippen molar-refractivity contribution in [3.8, 4) is 17.0 Å². The first-order chi connectivity index (χ1) is 17.0. The van der Waals surface area contributed by atoms with Crippen LogP contribution in [0.2, 0.25) is 0 Å². The van der Waals surface area contributed by atoms with E-state index in [0.29, 0.717) is 31.7 Å². The first-order valence-electron chi connectivity index (χ1n) is 11.8. The van der Waals surface area contributed by atoms with Gasteiger partial charge in [-0.05, 0) is 49.1 Å². The van der Waals surface area contributed by atoms with Gasteiger partial charge in [-0.1, -0.05) is 35.5 Å². The number of hydrogen-bond acceptors (Lipinski definition) is 6. The van der Waals surface area contributed by atoms with Gasteiger partial charge in [0.05, 0.1) is 12.2 Å². The van der Waals surface area contributed by atoms with Gasteiger partial charge in [0.2, 0.25) is 0 Å². The number of nitrogens with zero attached hydrogens (tertiary/aromatic N) is 4. The summed E-state index contributed by atoms with van der Waals surface area (Å²) in [5.74, 6) is 0.756. The highest BCUT2D eigenvalue weighted by Gasteiger charge is 2.24. The summed E-state index contributed by atoms with van der Waals surface area (Å²) in [7, 11) is 3.58. The summed E-state index contributed by atoms with van der Waals surface area (Å²) in [6.07, 6.45) is 3.44. The molecule has 0 saturated heterocycles. The maximum absolute atomic E-state index is 12.6. The second-order valence-electron chi connectivity index (χ2n) is 8.79. The Morgan fingerprint density at radius 2 is 1.89 bits per heavy atom. The van der Waals surface area contributed by atoms with Gasteiger partial charge in [0.1, 0.15) is 23.7 Å². The smallest absolute Gasteiger partial charge is 0.317 e. The van der Waals surface area contributed by atoms with E-state index < -0.39 is 0 Å². The van der Waals surface area contributed by atoms with Gasteiger partial charge in [-0.3, -0.25) is 4.79 Å². The Kier molecular flexibility index (Phi) is 7.97. The predicted octanol–water partition coefficient (Wildman–Crippen LogP) is 3.69. The molecular formula is C26H31N5O4. The number of aryl methyl sites for hydroxylation is 1. The maximum atomic E-state index is 12.6. The summed E-state index contributed by atoms with van der Waals surface area (Å²) in [6.45, 7) is 1.34. The Labute approximate surface area is 205 Å². The molecular weight excluding hydrogens is 446 g/mol. The van der Waals surface area contributed by atoms with Crippen LogP contribution in [-0.2, 0) is 29.7 Å². The van der Waals surface area contributed by atoms with Crippen LogP contribution in [0.15, 0.2) is 54.6 Å². The molecule has 2 amide bonds. The van der Waals surface area contributed by atoms with Crippen molar-refractivity contribution in [1.82, 2.24) is 25.2 Å². The van der Waals surface area contributed by atoms with Crippen LogP contribution in [-0.4, -0.2) is 51.7 Å². The molecule has 2 aromatic carbocycles. The summed E-state index contributed by atoms with van der Waals surface area (Å²) in [5.41, 5.74) is 3.47. The predicted molar refractivity (Wildman–Crippen MR) is 130 cm³/mol. The van der Waals surface area contributed by atoms with Crippen molar-refractivity contribution in [1.29, 1.82) is 0 Å². The van der Waals surface area contributed by atoms with Crippen molar-refractivity contribution in [2.24, 2.45) is 7.05 Å². The van der Waals surface area contributed by atoms with E-state index in [2.05, 4.69) is 15.6 Å². The molecule has 1 aliphatic carbocycles. The third kappa shape index (κ3) is 6.38. The Morgan fingerprint density at radius 1 is 1.14 bits per heavy atom. The molecule has 9 heteroatoms. The molecule has 0 spiro atoms. The zero-order chi connectivity index (χ0) is 24.6. The van der Waals surface area contributed by atoms with Crippen LogP contribution in [0.3, 0.4) is 0 Å². The van der Waals surface area contributed by atoms with Gasteiger partial charge in [0.25, 0.3) is 6.47 Å². The minimum absolute atomic E-state index is 0.0229. The Hall–Kier alpha value is -3.88. The topological polar surface area (TPSA) is 98.6 Å². The molecule has 1 fully saturated rings. The average molecular weight is 478 g/mol. The van der Waals surface area contributed by atoms with E-state index in [1.807, 2.05) is 61.6 Å². The number of rotatable bonds is 9. The van der Waals surface area contributed by atoms with Crippen molar-refractivity contribution >= 4 is 12.5 Å². The molecule has 1 N–H and O–H groups in total. The molecule has 0 bridgehead atoms. The molecule has 1 saturated carbocycles. The van der Waals surface area contributed by atoms with E-state index in [1.165, 1.54) is 0 Å². The second kappa shape index (κ2) is 11.5. The summed E-state index contributed by atoms with van der Waals surface area (Å²) >= 11 is 0. The van der Waals surface area contributed by atoms with Crippen molar-refractivity contribution < 1.29 is 19.1 Å². The quantitative estimate of drug-likeness (QED) is 0.472. The van der Waals surface area contributed by atoms with Gasteiger partial charge < -0.3 is 19.7 Å². The molecule has 1 heterocycles. The number of carbonyl (C=O) groups is 2. The first kappa shape index (κ1) is 24.3. The fourth-order valence-corrected chi connectivity index (χ4v) is 4.32. The van der Waals surface area contributed by atoms with Crippen molar-refractivity contribution in [2.45, 2.75) is 51.0 Å². The lowest BCUT2D eigenvalue weighted by Crippen LogP contribution is -2.36. The summed E-state index contributed by atoms with van der Waals surface area (Å²) in [6, 6.07) is 17.4. The molecule has 2 atom stereocenters. The second-order valence-corrected chi connectivity index (χ2v) is 8.79. The standard InChI is InChI=1S/C26H31N5O4/c1-30(17-19-7-4-3-5-8-19)26(33)27-16-24-25(28-29-31(24)2)20-11-13-21(14-12-20)35-23-10-6-9-22(15-23)34-18-32/h3-5,7-8,11-14,18,22-23H,6,9-10,15-17H2,1-2H3,(H,27,33)/t22-,23-/m0/s1. The molecule has 1 aromatic heterocycles. The average Bonchev–Trinajstić information content (AvgIpc) is 3.24. The molecule has 35 heavy (non-hydrogen) atoms. The van der Waals surface area contributed by atoms with Gasteiger partial charge in [0, 0.05) is 32.6 Å². The summed E-state index contributed by atoms with van der Waals surface area (Å²) in [5, 5.41) is 11.4. The van der Waals surface area contributed by atoms with E-state index in [4.69, 9.17) is 9.47 Å². The van der Waals surface area contributed by atoms with Crippen LogP contribution >= 0.6 is 0 Å². The monoisotopic (exact) mass is 477 g/mol. The van der Waals surface area contributed by atoms with E-state index in [1.54, 1.807) is 16.6 Å². The number of nitrogens with one attached hydrogen (secondary N) is 1. The molecule has 0 aliphatic heterocycles. The van der Waals surface area contributed by atoms with Crippen LogP contribution in [0.4, 0.5) is 4.79 Å².